The van der Waals surface area contributed by atoms with Crippen molar-refractivity contribution in [1.29, 1.82) is 0 Å². The third-order valence-corrected chi connectivity index (χ3v) is 3.32. The second-order valence-electron chi connectivity index (χ2n) is 4.66. The zero-order valence-electron chi connectivity index (χ0n) is 11.3. The Kier molecular flexibility index (Phi) is 3.69. The van der Waals surface area contributed by atoms with Gasteiger partial charge in [-0.15, -0.1) is 0 Å². The van der Waals surface area contributed by atoms with Crippen LogP contribution in [0.5, 0.6) is 5.75 Å². The molecule has 0 spiro atoms. The monoisotopic (exact) mass is 259 g/mol. The first kappa shape index (κ1) is 13.3. The summed E-state index contributed by atoms with van der Waals surface area (Å²) in [5.41, 5.74) is 0.821. The molecule has 19 heavy (non-hydrogen) atoms. The van der Waals surface area contributed by atoms with Gasteiger partial charge >= 0.3 is 0 Å². The van der Waals surface area contributed by atoms with E-state index >= 15 is 0 Å². The lowest BCUT2D eigenvalue weighted by atomic mass is 9.88. The third kappa shape index (κ3) is 2.52. The number of β-lactam (4-membered cyclic amide) rings is 1. The predicted octanol–water partition coefficient (Wildman–Crippen LogP) is 2.19. The number of anilines is 1. The van der Waals surface area contributed by atoms with E-state index in [4.69, 9.17) is 4.74 Å². The molecule has 0 bridgehead atoms. The van der Waals surface area contributed by atoms with Gasteiger partial charge in [0.25, 0.3) is 0 Å². The number of carbonyl (C=O) groups excluding carboxylic acids is 2. The first-order valence-electron chi connectivity index (χ1n) is 6.20. The smallest absolute Gasteiger partial charge is 0.232 e. The van der Waals surface area contributed by atoms with Crippen molar-refractivity contribution in [3.63, 3.8) is 0 Å². The summed E-state index contributed by atoms with van der Waals surface area (Å²) >= 11 is 0. The fourth-order valence-corrected chi connectivity index (χ4v) is 2.18. The molecule has 1 amide bonds. The van der Waals surface area contributed by atoms with Crippen LogP contribution in [0.4, 0.5) is 5.69 Å². The molecule has 0 aliphatic carbocycles. The highest BCUT2D eigenvalue weighted by molar-refractivity contribution is 6.03. The second-order valence-corrected chi connectivity index (χ2v) is 4.66. The molecule has 100 valence electrons. The van der Waals surface area contributed by atoms with Gasteiger partial charge in [0.15, 0.2) is 5.78 Å². The number of allylic oxidation sites excluding steroid dienone is 1. The van der Waals surface area contributed by atoms with Crippen LogP contribution in [-0.2, 0) is 9.59 Å². The maximum Gasteiger partial charge on any atom is 0.232 e. The van der Waals surface area contributed by atoms with Gasteiger partial charge in [-0.1, -0.05) is 13.0 Å². The van der Waals surface area contributed by atoms with Crippen molar-refractivity contribution in [3.8, 4) is 5.75 Å². The summed E-state index contributed by atoms with van der Waals surface area (Å²) in [6.07, 6.45) is 3.31. The molecule has 0 N–H and O–H groups in total. The summed E-state index contributed by atoms with van der Waals surface area (Å²) in [6, 6.07) is 7.27. The minimum atomic E-state index is -0.0855. The summed E-state index contributed by atoms with van der Waals surface area (Å²) in [5.74, 6) is 0.725. The number of benzene rings is 1. The van der Waals surface area contributed by atoms with Gasteiger partial charge in [0.2, 0.25) is 5.91 Å². The van der Waals surface area contributed by atoms with E-state index in [0.29, 0.717) is 0 Å². The quantitative estimate of drug-likeness (QED) is 0.615. The molecular weight excluding hydrogens is 242 g/mol. The van der Waals surface area contributed by atoms with E-state index in [1.54, 1.807) is 18.1 Å². The number of hydrogen-bond donors (Lipinski definition) is 0. The van der Waals surface area contributed by atoms with Crippen molar-refractivity contribution >= 4 is 17.4 Å². The normalized spacial score (nSPS) is 22.5. The second kappa shape index (κ2) is 5.26. The summed E-state index contributed by atoms with van der Waals surface area (Å²) in [7, 11) is 1.60. The number of methoxy groups -OCH3 is 1. The van der Waals surface area contributed by atoms with E-state index in [1.165, 1.54) is 13.0 Å². The summed E-state index contributed by atoms with van der Waals surface area (Å²) in [5, 5.41) is 0. The summed E-state index contributed by atoms with van der Waals surface area (Å²) in [4.78, 5) is 24.6. The van der Waals surface area contributed by atoms with Crippen molar-refractivity contribution < 1.29 is 14.3 Å². The highest BCUT2D eigenvalue weighted by Gasteiger charge is 2.43. The van der Waals surface area contributed by atoms with Crippen LogP contribution < -0.4 is 9.64 Å². The van der Waals surface area contributed by atoms with Crippen LogP contribution >= 0.6 is 0 Å². The standard InChI is InChI=1S/C15H17NO3/c1-10(17)4-9-14-11(2)15(18)16(14)12-5-7-13(19-3)8-6-12/h4-9,11,14H,1-3H3/b9-4+/t11-,14+/m1/s1. The zero-order valence-corrected chi connectivity index (χ0v) is 11.3. The molecule has 4 nitrogen and oxygen atoms in total. The van der Waals surface area contributed by atoms with Gasteiger partial charge in [-0.3, -0.25) is 9.59 Å². The number of carbonyl (C=O) groups is 2. The maximum absolute atomic E-state index is 11.9. The van der Waals surface area contributed by atoms with Gasteiger partial charge in [-0.2, -0.15) is 0 Å². The maximum atomic E-state index is 11.9. The lowest BCUT2D eigenvalue weighted by Crippen LogP contribution is -2.59. The van der Waals surface area contributed by atoms with Crippen LogP contribution in [0.2, 0.25) is 0 Å². The lowest BCUT2D eigenvalue weighted by molar-refractivity contribution is -0.128. The van der Waals surface area contributed by atoms with Crippen molar-refractivity contribution in [2.75, 3.05) is 12.0 Å². The van der Waals surface area contributed by atoms with Crippen LogP contribution in [0.25, 0.3) is 0 Å². The molecule has 0 unspecified atom stereocenters. The van der Waals surface area contributed by atoms with E-state index in [9.17, 15) is 9.59 Å². The number of ether oxygens (including phenoxy) is 1. The molecule has 4 heteroatoms. The Bertz CT molecular complexity index is 519. The van der Waals surface area contributed by atoms with Gasteiger partial charge in [-0.25, -0.2) is 0 Å². The molecule has 1 fully saturated rings. The number of amides is 1. The van der Waals surface area contributed by atoms with E-state index in [-0.39, 0.29) is 23.7 Å². The van der Waals surface area contributed by atoms with Crippen molar-refractivity contribution in [3.05, 3.63) is 36.4 Å². The number of hydrogen-bond acceptors (Lipinski definition) is 3. The Hall–Kier alpha value is -2.10. The molecule has 1 aliphatic rings. The Morgan fingerprint density at radius 1 is 1.32 bits per heavy atom. The first-order valence-corrected chi connectivity index (χ1v) is 6.20. The highest BCUT2D eigenvalue weighted by atomic mass is 16.5. The number of rotatable bonds is 4. The van der Waals surface area contributed by atoms with Crippen LogP contribution in [0, 0.1) is 5.92 Å². The van der Waals surface area contributed by atoms with Crippen LogP contribution in [-0.4, -0.2) is 24.8 Å². The van der Waals surface area contributed by atoms with Crippen LogP contribution in [0.1, 0.15) is 13.8 Å². The molecule has 2 rings (SSSR count). The van der Waals surface area contributed by atoms with Gasteiger partial charge in [0.1, 0.15) is 5.75 Å². The molecule has 1 saturated heterocycles. The fourth-order valence-electron chi connectivity index (χ4n) is 2.18. The van der Waals surface area contributed by atoms with Crippen molar-refractivity contribution in [1.82, 2.24) is 0 Å². The highest BCUT2D eigenvalue weighted by Crippen LogP contribution is 2.33. The SMILES string of the molecule is COc1ccc(N2C(=O)[C@H](C)[C@@H]2/C=C/C(C)=O)cc1. The van der Waals surface area contributed by atoms with E-state index in [2.05, 4.69) is 0 Å². The molecular formula is C15H17NO3. The average Bonchev–Trinajstić information content (AvgIpc) is 2.42. The van der Waals surface area contributed by atoms with Crippen LogP contribution in [0.15, 0.2) is 36.4 Å². The number of nitrogens with zero attached hydrogens (tertiary/aromatic N) is 1. The Labute approximate surface area is 112 Å². The minimum Gasteiger partial charge on any atom is -0.497 e. The molecule has 1 aromatic carbocycles. The fraction of sp³-hybridized carbons (Fsp3) is 0.333. The molecule has 2 atom stereocenters. The molecule has 1 heterocycles. The van der Waals surface area contributed by atoms with Gasteiger partial charge in [-0.05, 0) is 37.3 Å². The minimum absolute atomic E-state index is 0.0128. The topological polar surface area (TPSA) is 46.6 Å². The van der Waals surface area contributed by atoms with Gasteiger partial charge in [0.05, 0.1) is 19.1 Å². The predicted molar refractivity (Wildman–Crippen MR) is 73.3 cm³/mol. The molecule has 1 aliphatic heterocycles. The first-order chi connectivity index (χ1) is 9.04. The Morgan fingerprint density at radius 3 is 2.47 bits per heavy atom. The van der Waals surface area contributed by atoms with Gasteiger partial charge in [0, 0.05) is 5.69 Å². The lowest BCUT2D eigenvalue weighted by Gasteiger charge is -2.44. The largest absolute Gasteiger partial charge is 0.497 e. The van der Waals surface area contributed by atoms with Crippen LogP contribution in [0.3, 0.4) is 0 Å². The summed E-state index contributed by atoms with van der Waals surface area (Å²) in [6.45, 7) is 3.37. The van der Waals surface area contributed by atoms with E-state index in [0.717, 1.165) is 11.4 Å². The van der Waals surface area contributed by atoms with E-state index < -0.39 is 0 Å². The third-order valence-electron chi connectivity index (χ3n) is 3.32. The van der Waals surface area contributed by atoms with E-state index in [1.807, 2.05) is 31.2 Å². The average molecular weight is 259 g/mol. The number of ketones is 1. The Balaban J connectivity index is 2.21. The molecule has 1 aromatic rings. The van der Waals surface area contributed by atoms with Crippen molar-refractivity contribution in [2.45, 2.75) is 19.9 Å². The Morgan fingerprint density at radius 2 is 1.95 bits per heavy atom. The summed E-state index contributed by atoms with van der Waals surface area (Å²) < 4.78 is 5.09. The molecule has 0 aromatic heterocycles. The zero-order chi connectivity index (χ0) is 14.0. The molecule has 0 radical (unpaired) electrons. The van der Waals surface area contributed by atoms with Gasteiger partial charge < -0.3 is 9.64 Å². The van der Waals surface area contributed by atoms with Crippen molar-refractivity contribution in [2.24, 2.45) is 5.92 Å². The molecule has 0 saturated carbocycles.